The topological polar surface area (TPSA) is 64.5 Å². The van der Waals surface area contributed by atoms with E-state index in [0.29, 0.717) is 36.2 Å². The van der Waals surface area contributed by atoms with E-state index < -0.39 is 0 Å². The van der Waals surface area contributed by atoms with Crippen molar-refractivity contribution in [2.24, 2.45) is 0 Å². The maximum Gasteiger partial charge on any atom is 0.253 e. The number of amides is 1. The summed E-state index contributed by atoms with van der Waals surface area (Å²) in [6.45, 7) is 8.43. The summed E-state index contributed by atoms with van der Waals surface area (Å²) in [5.74, 6) is 1.72. The molecule has 1 aliphatic heterocycles. The average molecular weight is 369 g/mol. The normalized spacial score (nSPS) is 14.9. The molecule has 0 unspecified atom stereocenters. The Balaban J connectivity index is 1.68. The molecule has 0 atom stereocenters. The Kier molecular flexibility index (Phi) is 6.27. The third-order valence-corrected chi connectivity index (χ3v) is 4.89. The zero-order valence-corrected chi connectivity index (χ0v) is 16.3. The fourth-order valence-corrected chi connectivity index (χ4v) is 3.56. The molecule has 1 saturated heterocycles. The Morgan fingerprint density at radius 2 is 1.85 bits per heavy atom. The first kappa shape index (κ1) is 19.1. The maximum atomic E-state index is 12.9. The Hall–Kier alpha value is -2.63. The van der Waals surface area contributed by atoms with Gasteiger partial charge in [0.25, 0.3) is 5.91 Å². The standard InChI is InChI=1S/C21H27N3O3/c1-4-26-18-7-6-17(12-19(18)27-5-2)21(25)24-10-8-16(9-11-24)20-15(3)13-22-14-23-20/h6-7,12-14,16H,4-5,8-11H2,1-3H3. The van der Waals surface area contributed by atoms with Crippen LogP contribution < -0.4 is 9.47 Å². The maximum absolute atomic E-state index is 12.9. The minimum absolute atomic E-state index is 0.0388. The number of hydrogen-bond donors (Lipinski definition) is 0. The Morgan fingerprint density at radius 3 is 2.52 bits per heavy atom. The molecule has 27 heavy (non-hydrogen) atoms. The summed E-state index contributed by atoms with van der Waals surface area (Å²) < 4.78 is 11.2. The van der Waals surface area contributed by atoms with Crippen LogP contribution in [0.3, 0.4) is 0 Å². The van der Waals surface area contributed by atoms with Gasteiger partial charge in [-0.25, -0.2) is 9.97 Å². The van der Waals surface area contributed by atoms with E-state index in [4.69, 9.17) is 9.47 Å². The van der Waals surface area contributed by atoms with E-state index in [1.165, 1.54) is 0 Å². The van der Waals surface area contributed by atoms with Crippen molar-refractivity contribution in [2.75, 3.05) is 26.3 Å². The molecule has 3 rings (SSSR count). The van der Waals surface area contributed by atoms with Crippen molar-refractivity contribution >= 4 is 5.91 Å². The molecular weight excluding hydrogens is 342 g/mol. The SMILES string of the molecule is CCOc1ccc(C(=O)N2CCC(c3ncncc3C)CC2)cc1OCC. The second-order valence-electron chi connectivity index (χ2n) is 6.69. The fourth-order valence-electron chi connectivity index (χ4n) is 3.56. The average Bonchev–Trinajstić information content (AvgIpc) is 2.70. The Bertz CT molecular complexity index is 786. The number of likely N-dealkylation sites (tertiary alicyclic amines) is 1. The van der Waals surface area contributed by atoms with Gasteiger partial charge >= 0.3 is 0 Å². The molecule has 2 heterocycles. The van der Waals surface area contributed by atoms with Gasteiger partial charge in [-0.15, -0.1) is 0 Å². The molecule has 1 amide bonds. The van der Waals surface area contributed by atoms with Crippen LogP contribution in [0.4, 0.5) is 0 Å². The number of carbonyl (C=O) groups excluding carboxylic acids is 1. The number of carbonyl (C=O) groups is 1. The molecule has 0 N–H and O–H groups in total. The van der Waals surface area contributed by atoms with E-state index >= 15 is 0 Å². The van der Waals surface area contributed by atoms with Crippen LogP contribution in [0.25, 0.3) is 0 Å². The van der Waals surface area contributed by atoms with Gasteiger partial charge in [-0.05, 0) is 57.4 Å². The van der Waals surface area contributed by atoms with Gasteiger partial charge in [0.05, 0.1) is 13.2 Å². The molecule has 1 aromatic carbocycles. The van der Waals surface area contributed by atoms with E-state index in [1.54, 1.807) is 12.4 Å². The van der Waals surface area contributed by atoms with Crippen LogP contribution in [-0.4, -0.2) is 47.1 Å². The van der Waals surface area contributed by atoms with Crippen LogP contribution in [0.5, 0.6) is 11.5 Å². The van der Waals surface area contributed by atoms with E-state index in [0.717, 1.165) is 37.2 Å². The molecular formula is C21H27N3O3. The molecule has 2 aromatic rings. The zero-order chi connectivity index (χ0) is 19.2. The summed E-state index contributed by atoms with van der Waals surface area (Å²) in [5, 5.41) is 0. The van der Waals surface area contributed by atoms with Gasteiger partial charge in [0, 0.05) is 36.5 Å². The van der Waals surface area contributed by atoms with Crippen molar-refractivity contribution in [1.29, 1.82) is 0 Å². The van der Waals surface area contributed by atoms with Crippen LogP contribution in [-0.2, 0) is 0 Å². The van der Waals surface area contributed by atoms with Crippen LogP contribution in [0.2, 0.25) is 0 Å². The van der Waals surface area contributed by atoms with Crippen LogP contribution in [0, 0.1) is 6.92 Å². The van der Waals surface area contributed by atoms with Crippen LogP contribution in [0.1, 0.15) is 54.2 Å². The molecule has 6 heteroatoms. The number of rotatable bonds is 6. The number of nitrogens with zero attached hydrogens (tertiary/aromatic N) is 3. The monoisotopic (exact) mass is 369 g/mol. The summed E-state index contributed by atoms with van der Waals surface area (Å²) >= 11 is 0. The quantitative estimate of drug-likeness (QED) is 0.778. The van der Waals surface area contributed by atoms with Gasteiger partial charge in [-0.3, -0.25) is 4.79 Å². The third-order valence-electron chi connectivity index (χ3n) is 4.89. The van der Waals surface area contributed by atoms with Gasteiger partial charge in [0.1, 0.15) is 6.33 Å². The summed E-state index contributed by atoms with van der Waals surface area (Å²) in [6.07, 6.45) is 5.29. The molecule has 1 fully saturated rings. The molecule has 0 bridgehead atoms. The molecule has 1 aromatic heterocycles. The Labute approximate surface area is 160 Å². The third kappa shape index (κ3) is 4.38. The van der Waals surface area contributed by atoms with Crippen molar-refractivity contribution < 1.29 is 14.3 Å². The number of aryl methyl sites for hydroxylation is 1. The smallest absolute Gasteiger partial charge is 0.253 e. The van der Waals surface area contributed by atoms with Crippen molar-refractivity contribution in [3.8, 4) is 11.5 Å². The molecule has 0 saturated carbocycles. The summed E-state index contributed by atoms with van der Waals surface area (Å²) in [6, 6.07) is 5.42. The second kappa shape index (κ2) is 8.84. The first-order chi connectivity index (χ1) is 13.1. The highest BCUT2D eigenvalue weighted by atomic mass is 16.5. The second-order valence-corrected chi connectivity index (χ2v) is 6.69. The van der Waals surface area contributed by atoms with Crippen LogP contribution >= 0.6 is 0 Å². The number of benzene rings is 1. The summed E-state index contributed by atoms with van der Waals surface area (Å²) in [5.41, 5.74) is 2.87. The van der Waals surface area contributed by atoms with Crippen LogP contribution in [0.15, 0.2) is 30.7 Å². The van der Waals surface area contributed by atoms with Gasteiger partial charge in [0.15, 0.2) is 11.5 Å². The lowest BCUT2D eigenvalue weighted by atomic mass is 9.91. The number of aromatic nitrogens is 2. The number of piperidine rings is 1. The predicted octanol–water partition coefficient (Wildman–Crippen LogP) is 3.60. The first-order valence-electron chi connectivity index (χ1n) is 9.59. The molecule has 0 radical (unpaired) electrons. The summed E-state index contributed by atoms with van der Waals surface area (Å²) in [7, 11) is 0. The lowest BCUT2D eigenvalue weighted by molar-refractivity contribution is 0.0711. The van der Waals surface area contributed by atoms with E-state index in [2.05, 4.69) is 9.97 Å². The Morgan fingerprint density at radius 1 is 1.15 bits per heavy atom. The highest BCUT2D eigenvalue weighted by Crippen LogP contribution is 2.31. The lowest BCUT2D eigenvalue weighted by Crippen LogP contribution is -2.38. The largest absolute Gasteiger partial charge is 0.490 e. The minimum Gasteiger partial charge on any atom is -0.490 e. The number of hydrogen-bond acceptors (Lipinski definition) is 5. The number of ether oxygens (including phenoxy) is 2. The lowest BCUT2D eigenvalue weighted by Gasteiger charge is -2.32. The van der Waals surface area contributed by atoms with E-state index in [-0.39, 0.29) is 5.91 Å². The molecule has 0 aliphatic carbocycles. The summed E-state index contributed by atoms with van der Waals surface area (Å²) in [4.78, 5) is 23.4. The van der Waals surface area contributed by atoms with Crippen molar-refractivity contribution in [3.05, 3.63) is 47.5 Å². The van der Waals surface area contributed by atoms with Gasteiger partial charge in [-0.1, -0.05) is 0 Å². The van der Waals surface area contributed by atoms with Crippen molar-refractivity contribution in [3.63, 3.8) is 0 Å². The van der Waals surface area contributed by atoms with Crippen molar-refractivity contribution in [1.82, 2.24) is 14.9 Å². The predicted molar refractivity (Wildman–Crippen MR) is 103 cm³/mol. The van der Waals surface area contributed by atoms with Gasteiger partial charge < -0.3 is 14.4 Å². The highest BCUT2D eigenvalue weighted by Gasteiger charge is 2.26. The minimum atomic E-state index is 0.0388. The highest BCUT2D eigenvalue weighted by molar-refractivity contribution is 5.95. The molecule has 1 aliphatic rings. The van der Waals surface area contributed by atoms with Crippen molar-refractivity contribution in [2.45, 2.75) is 39.5 Å². The molecule has 0 spiro atoms. The molecule has 144 valence electrons. The molecule has 6 nitrogen and oxygen atoms in total. The van der Waals surface area contributed by atoms with Gasteiger partial charge in [0.2, 0.25) is 0 Å². The zero-order valence-electron chi connectivity index (χ0n) is 16.3. The first-order valence-corrected chi connectivity index (χ1v) is 9.59. The fraction of sp³-hybridized carbons (Fsp3) is 0.476. The van der Waals surface area contributed by atoms with E-state index in [1.807, 2.05) is 44.0 Å². The van der Waals surface area contributed by atoms with Gasteiger partial charge in [-0.2, -0.15) is 0 Å². The van der Waals surface area contributed by atoms with E-state index in [9.17, 15) is 4.79 Å².